The Hall–Kier alpha value is -1.64. The molecule has 0 bridgehead atoms. The first-order chi connectivity index (χ1) is 13.8. The van der Waals surface area contributed by atoms with Gasteiger partial charge < -0.3 is 14.5 Å². The molecule has 3 heterocycles. The highest BCUT2D eigenvalue weighted by atomic mass is 32.2. The number of urea groups is 1. The number of aryl methyl sites for hydroxylation is 1. The molecule has 3 aliphatic heterocycles. The third-order valence-electron chi connectivity index (χ3n) is 6.65. The largest absolute Gasteiger partial charge is 0.381 e. The van der Waals surface area contributed by atoms with Crippen LogP contribution in [0.1, 0.15) is 36.8 Å². The minimum atomic E-state index is -3.35. The summed E-state index contributed by atoms with van der Waals surface area (Å²) >= 11 is 0. The molecule has 4 rings (SSSR count). The van der Waals surface area contributed by atoms with Gasteiger partial charge in [-0.15, -0.1) is 0 Å². The maximum Gasteiger partial charge on any atom is 0.320 e. The summed E-state index contributed by atoms with van der Waals surface area (Å²) in [7, 11) is -1.49. The van der Waals surface area contributed by atoms with E-state index in [9.17, 15) is 13.2 Å². The molecule has 29 heavy (non-hydrogen) atoms. The van der Waals surface area contributed by atoms with E-state index in [2.05, 4.69) is 4.90 Å². The van der Waals surface area contributed by atoms with Crippen molar-refractivity contribution in [1.29, 1.82) is 0 Å². The van der Waals surface area contributed by atoms with E-state index in [-0.39, 0.29) is 23.4 Å². The van der Waals surface area contributed by atoms with Crippen LogP contribution in [-0.4, -0.2) is 80.0 Å². The Labute approximate surface area is 173 Å². The van der Waals surface area contributed by atoms with Crippen LogP contribution in [0.15, 0.2) is 24.3 Å². The zero-order chi connectivity index (χ0) is 20.6. The van der Waals surface area contributed by atoms with Crippen LogP contribution < -0.4 is 0 Å². The fraction of sp³-hybridized carbons (Fsp3) is 0.667. The molecule has 1 aromatic carbocycles. The Morgan fingerprint density at radius 3 is 2.34 bits per heavy atom. The SMILES string of the molecule is Cc1ccc(CS(=O)(=O)N2CCC(N3C(=O)N(C)CC34CCOCC4)CC2)cc1. The summed E-state index contributed by atoms with van der Waals surface area (Å²) in [5.41, 5.74) is 1.78. The number of sulfonamides is 1. The van der Waals surface area contributed by atoms with Crippen molar-refractivity contribution in [3.05, 3.63) is 35.4 Å². The van der Waals surface area contributed by atoms with Gasteiger partial charge in [0.25, 0.3) is 0 Å². The standard InChI is InChI=1S/C21H31N3O4S/c1-17-3-5-18(6-4-17)15-29(26,27)23-11-7-19(8-12-23)24-20(25)22(2)16-21(24)9-13-28-14-10-21/h3-6,19H,7-16H2,1-2H3. The predicted octanol–water partition coefficient (Wildman–Crippen LogP) is 2.21. The van der Waals surface area contributed by atoms with Crippen molar-refractivity contribution in [2.75, 3.05) is 39.9 Å². The van der Waals surface area contributed by atoms with Gasteiger partial charge in [-0.05, 0) is 38.2 Å². The maximum absolute atomic E-state index is 12.9. The van der Waals surface area contributed by atoms with Crippen molar-refractivity contribution in [1.82, 2.24) is 14.1 Å². The molecule has 7 nitrogen and oxygen atoms in total. The number of rotatable bonds is 4. The Morgan fingerprint density at radius 1 is 1.10 bits per heavy atom. The fourth-order valence-corrected chi connectivity index (χ4v) is 6.59. The van der Waals surface area contributed by atoms with Crippen LogP contribution in [0.5, 0.6) is 0 Å². The van der Waals surface area contributed by atoms with Crippen LogP contribution in [0.2, 0.25) is 0 Å². The molecule has 0 saturated carbocycles. The lowest BCUT2D eigenvalue weighted by Gasteiger charge is -2.46. The number of carbonyl (C=O) groups is 1. The first kappa shape index (κ1) is 20.6. The van der Waals surface area contributed by atoms with Gasteiger partial charge in [-0.25, -0.2) is 17.5 Å². The smallest absolute Gasteiger partial charge is 0.320 e. The van der Waals surface area contributed by atoms with Crippen LogP contribution in [0.25, 0.3) is 0 Å². The number of amides is 2. The minimum Gasteiger partial charge on any atom is -0.381 e. The minimum absolute atomic E-state index is 0.0323. The second kappa shape index (κ2) is 7.89. The molecule has 3 saturated heterocycles. The normalized spacial score (nSPS) is 23.9. The molecule has 2 amide bonds. The van der Waals surface area contributed by atoms with Crippen molar-refractivity contribution >= 4 is 16.1 Å². The van der Waals surface area contributed by atoms with E-state index in [0.29, 0.717) is 39.1 Å². The molecule has 3 aliphatic rings. The highest BCUT2D eigenvalue weighted by Gasteiger charge is 2.52. The van der Waals surface area contributed by atoms with Gasteiger partial charge in [0, 0.05) is 45.9 Å². The van der Waals surface area contributed by atoms with Crippen molar-refractivity contribution in [2.24, 2.45) is 0 Å². The van der Waals surface area contributed by atoms with E-state index in [1.54, 1.807) is 4.31 Å². The number of hydrogen-bond acceptors (Lipinski definition) is 4. The Bertz CT molecular complexity index is 841. The van der Waals surface area contributed by atoms with E-state index in [4.69, 9.17) is 4.74 Å². The van der Waals surface area contributed by atoms with Gasteiger partial charge in [0.05, 0.1) is 11.3 Å². The van der Waals surface area contributed by atoms with E-state index in [0.717, 1.165) is 30.5 Å². The van der Waals surface area contributed by atoms with Gasteiger partial charge in [-0.2, -0.15) is 0 Å². The van der Waals surface area contributed by atoms with Gasteiger partial charge in [0.1, 0.15) is 0 Å². The fourth-order valence-electron chi connectivity index (χ4n) is 5.03. The van der Waals surface area contributed by atoms with E-state index in [1.807, 2.05) is 43.1 Å². The lowest BCUT2D eigenvalue weighted by Crippen LogP contribution is -2.57. The lowest BCUT2D eigenvalue weighted by molar-refractivity contribution is -0.0129. The first-order valence-electron chi connectivity index (χ1n) is 10.5. The average molecular weight is 422 g/mol. The molecule has 0 N–H and O–H groups in total. The summed E-state index contributed by atoms with van der Waals surface area (Å²) in [5, 5.41) is 0. The number of hydrogen-bond donors (Lipinski definition) is 0. The molecule has 8 heteroatoms. The summed E-state index contributed by atoms with van der Waals surface area (Å²) in [6.45, 7) is 5.03. The molecule has 0 aliphatic carbocycles. The number of benzene rings is 1. The Morgan fingerprint density at radius 2 is 1.72 bits per heavy atom. The molecular formula is C21H31N3O4S. The van der Waals surface area contributed by atoms with Crippen LogP contribution in [-0.2, 0) is 20.5 Å². The number of carbonyl (C=O) groups excluding carboxylic acids is 1. The number of ether oxygens (including phenoxy) is 1. The molecule has 160 valence electrons. The molecular weight excluding hydrogens is 390 g/mol. The molecule has 1 aromatic rings. The Balaban J connectivity index is 1.43. The summed E-state index contributed by atoms with van der Waals surface area (Å²) in [4.78, 5) is 16.8. The second-order valence-electron chi connectivity index (χ2n) is 8.72. The molecule has 0 radical (unpaired) electrons. The van der Waals surface area contributed by atoms with Crippen LogP contribution in [0, 0.1) is 6.92 Å². The zero-order valence-corrected chi connectivity index (χ0v) is 18.2. The molecule has 0 unspecified atom stereocenters. The van der Waals surface area contributed by atoms with Crippen LogP contribution in [0.3, 0.4) is 0 Å². The van der Waals surface area contributed by atoms with Gasteiger partial charge in [0.15, 0.2) is 0 Å². The monoisotopic (exact) mass is 421 g/mol. The number of nitrogens with zero attached hydrogens (tertiary/aromatic N) is 3. The van der Waals surface area contributed by atoms with E-state index in [1.165, 1.54) is 0 Å². The summed E-state index contributed by atoms with van der Waals surface area (Å²) in [6, 6.07) is 7.82. The highest BCUT2D eigenvalue weighted by molar-refractivity contribution is 7.88. The second-order valence-corrected chi connectivity index (χ2v) is 10.7. The topological polar surface area (TPSA) is 70.2 Å². The summed E-state index contributed by atoms with van der Waals surface area (Å²) in [6.07, 6.45) is 3.09. The third kappa shape index (κ3) is 4.02. The van der Waals surface area contributed by atoms with Crippen molar-refractivity contribution < 1.29 is 17.9 Å². The lowest BCUT2D eigenvalue weighted by atomic mass is 9.87. The Kier molecular flexibility index (Phi) is 5.61. The van der Waals surface area contributed by atoms with Crippen molar-refractivity contribution in [3.8, 4) is 0 Å². The molecule has 3 fully saturated rings. The zero-order valence-electron chi connectivity index (χ0n) is 17.3. The average Bonchev–Trinajstić information content (AvgIpc) is 2.93. The quantitative estimate of drug-likeness (QED) is 0.747. The number of piperidine rings is 1. The van der Waals surface area contributed by atoms with Gasteiger partial charge in [0.2, 0.25) is 10.0 Å². The first-order valence-corrected chi connectivity index (χ1v) is 12.1. The van der Waals surface area contributed by atoms with Gasteiger partial charge in [-0.3, -0.25) is 0 Å². The van der Waals surface area contributed by atoms with E-state index < -0.39 is 10.0 Å². The maximum atomic E-state index is 12.9. The van der Waals surface area contributed by atoms with E-state index >= 15 is 0 Å². The van der Waals surface area contributed by atoms with Crippen molar-refractivity contribution in [3.63, 3.8) is 0 Å². The molecule has 1 spiro atoms. The number of likely N-dealkylation sites (N-methyl/N-ethyl adjacent to an activating group) is 1. The highest BCUT2D eigenvalue weighted by Crippen LogP contribution is 2.39. The molecule has 0 aromatic heterocycles. The van der Waals surface area contributed by atoms with Crippen molar-refractivity contribution in [2.45, 2.75) is 49.9 Å². The van der Waals surface area contributed by atoms with Crippen LogP contribution in [0.4, 0.5) is 4.79 Å². The van der Waals surface area contributed by atoms with Gasteiger partial charge in [-0.1, -0.05) is 29.8 Å². The van der Waals surface area contributed by atoms with Crippen LogP contribution >= 0.6 is 0 Å². The van der Waals surface area contributed by atoms with Gasteiger partial charge >= 0.3 is 6.03 Å². The third-order valence-corrected chi connectivity index (χ3v) is 8.50. The summed E-state index contributed by atoms with van der Waals surface area (Å²) in [5.74, 6) is 0.0323. The summed E-state index contributed by atoms with van der Waals surface area (Å²) < 4.78 is 32.9. The predicted molar refractivity (Wildman–Crippen MR) is 111 cm³/mol. The molecule has 0 atom stereocenters.